The van der Waals surface area contributed by atoms with Crippen molar-refractivity contribution in [1.82, 2.24) is 4.98 Å². The zero-order valence-electron chi connectivity index (χ0n) is 11.3. The molecule has 0 aliphatic heterocycles. The van der Waals surface area contributed by atoms with Gasteiger partial charge in [0, 0.05) is 20.6 Å². The van der Waals surface area contributed by atoms with E-state index in [1.807, 2.05) is 43.3 Å². The molecule has 0 aliphatic carbocycles. The molecule has 0 saturated heterocycles. The third kappa shape index (κ3) is 2.69. The first-order valence-electron chi connectivity index (χ1n) is 6.42. The number of nitrogens with one attached hydrogen (secondary N) is 1. The molecule has 2 aromatic carbocycles. The van der Waals surface area contributed by atoms with Crippen LogP contribution in [0.15, 0.2) is 47.1 Å². The Labute approximate surface area is 136 Å². The number of hydrogen-bond acceptors (Lipinski definition) is 3. The molecule has 1 aromatic heterocycles. The summed E-state index contributed by atoms with van der Waals surface area (Å²) in [5.74, 6) is 0. The molecule has 3 rings (SSSR count). The molecule has 0 radical (unpaired) electrons. The Bertz CT molecular complexity index is 828. The van der Waals surface area contributed by atoms with Crippen LogP contribution in [0.2, 0.25) is 5.02 Å². The van der Waals surface area contributed by atoms with Gasteiger partial charge in [0.1, 0.15) is 0 Å². The summed E-state index contributed by atoms with van der Waals surface area (Å²) >= 11 is 9.66. The summed E-state index contributed by atoms with van der Waals surface area (Å²) in [6, 6.07) is 11.7. The van der Waals surface area contributed by atoms with Crippen molar-refractivity contribution in [3.05, 3.63) is 57.7 Å². The molecule has 3 N–H and O–H groups in total. The number of anilines is 3. The highest BCUT2D eigenvalue weighted by Crippen LogP contribution is 2.34. The number of pyridine rings is 1. The van der Waals surface area contributed by atoms with Gasteiger partial charge in [-0.1, -0.05) is 33.6 Å². The molecule has 0 fully saturated rings. The van der Waals surface area contributed by atoms with Gasteiger partial charge in [0.2, 0.25) is 0 Å². The SMILES string of the molecule is Cc1c(Cl)cccc1Nc1c(N)cnc2ccc(Br)cc12. The summed E-state index contributed by atoms with van der Waals surface area (Å²) in [6.45, 7) is 1.97. The van der Waals surface area contributed by atoms with Gasteiger partial charge in [-0.2, -0.15) is 0 Å². The Hall–Kier alpha value is -1.78. The zero-order chi connectivity index (χ0) is 15.0. The Balaban J connectivity index is 2.18. The third-order valence-corrected chi connectivity index (χ3v) is 4.29. The summed E-state index contributed by atoms with van der Waals surface area (Å²) in [4.78, 5) is 4.35. The summed E-state index contributed by atoms with van der Waals surface area (Å²) in [5, 5.41) is 5.06. The van der Waals surface area contributed by atoms with Crippen LogP contribution in [-0.4, -0.2) is 4.98 Å². The Kier molecular flexibility index (Phi) is 3.74. The zero-order valence-corrected chi connectivity index (χ0v) is 13.7. The molecule has 3 aromatic rings. The normalized spacial score (nSPS) is 10.8. The number of rotatable bonds is 2. The van der Waals surface area contributed by atoms with Crippen molar-refractivity contribution in [3.63, 3.8) is 0 Å². The van der Waals surface area contributed by atoms with Gasteiger partial charge >= 0.3 is 0 Å². The lowest BCUT2D eigenvalue weighted by Gasteiger charge is -2.15. The molecule has 106 valence electrons. The Morgan fingerprint density at radius 2 is 2.05 bits per heavy atom. The van der Waals surface area contributed by atoms with Crippen LogP contribution >= 0.6 is 27.5 Å². The quantitative estimate of drug-likeness (QED) is 0.651. The fourth-order valence-corrected chi connectivity index (χ4v) is 2.73. The van der Waals surface area contributed by atoms with E-state index in [1.165, 1.54) is 0 Å². The van der Waals surface area contributed by atoms with E-state index in [9.17, 15) is 0 Å². The molecule has 5 heteroatoms. The van der Waals surface area contributed by atoms with Gasteiger partial charge in [0.15, 0.2) is 0 Å². The number of nitrogens with two attached hydrogens (primary N) is 1. The molecule has 0 saturated carbocycles. The van der Waals surface area contributed by atoms with E-state index in [0.717, 1.165) is 37.3 Å². The van der Waals surface area contributed by atoms with Crippen molar-refractivity contribution >= 4 is 55.5 Å². The number of fused-ring (bicyclic) bond motifs is 1. The number of nitrogens with zero attached hydrogens (tertiary/aromatic N) is 1. The topological polar surface area (TPSA) is 50.9 Å². The standard InChI is InChI=1S/C16H13BrClN3/c1-9-12(18)3-2-4-14(9)21-16-11-7-10(17)5-6-15(11)20-8-13(16)19/h2-8H,19H2,1H3,(H,20,21). The van der Waals surface area contributed by atoms with Gasteiger partial charge in [-0.25, -0.2) is 0 Å². The predicted molar refractivity (Wildman–Crippen MR) is 93.3 cm³/mol. The van der Waals surface area contributed by atoms with Crippen molar-refractivity contribution in [2.75, 3.05) is 11.1 Å². The summed E-state index contributed by atoms with van der Waals surface area (Å²) < 4.78 is 0.980. The van der Waals surface area contributed by atoms with Crippen molar-refractivity contribution in [2.45, 2.75) is 6.92 Å². The lowest BCUT2D eigenvalue weighted by molar-refractivity contribution is 1.39. The van der Waals surface area contributed by atoms with Crippen LogP contribution in [0.1, 0.15) is 5.56 Å². The van der Waals surface area contributed by atoms with E-state index in [-0.39, 0.29) is 0 Å². The average Bonchev–Trinajstić information content (AvgIpc) is 2.46. The Morgan fingerprint density at radius 1 is 1.24 bits per heavy atom. The van der Waals surface area contributed by atoms with Crippen molar-refractivity contribution in [3.8, 4) is 0 Å². The van der Waals surface area contributed by atoms with Crippen molar-refractivity contribution < 1.29 is 0 Å². The van der Waals surface area contributed by atoms with E-state index in [1.54, 1.807) is 6.20 Å². The number of hydrogen-bond donors (Lipinski definition) is 2. The molecule has 21 heavy (non-hydrogen) atoms. The number of aromatic nitrogens is 1. The highest BCUT2D eigenvalue weighted by atomic mass is 79.9. The van der Waals surface area contributed by atoms with Crippen LogP contribution in [-0.2, 0) is 0 Å². The van der Waals surface area contributed by atoms with Crippen LogP contribution in [0.5, 0.6) is 0 Å². The van der Waals surface area contributed by atoms with Gasteiger partial charge in [0.05, 0.1) is 23.1 Å². The molecule has 0 atom stereocenters. The van der Waals surface area contributed by atoms with Gasteiger partial charge in [0.25, 0.3) is 0 Å². The maximum absolute atomic E-state index is 6.17. The van der Waals surface area contributed by atoms with Crippen LogP contribution in [0.25, 0.3) is 10.9 Å². The third-order valence-electron chi connectivity index (χ3n) is 3.39. The highest BCUT2D eigenvalue weighted by Gasteiger charge is 2.10. The monoisotopic (exact) mass is 361 g/mol. The van der Waals surface area contributed by atoms with E-state index >= 15 is 0 Å². The number of nitrogen functional groups attached to an aromatic ring is 1. The molecule has 1 heterocycles. The van der Waals surface area contributed by atoms with Gasteiger partial charge < -0.3 is 11.1 Å². The van der Waals surface area contributed by atoms with E-state index in [0.29, 0.717) is 5.69 Å². The number of halogens is 2. The second-order valence-electron chi connectivity index (χ2n) is 4.79. The summed E-state index contributed by atoms with van der Waals surface area (Å²) in [7, 11) is 0. The molecular formula is C16H13BrClN3. The minimum absolute atomic E-state index is 0.597. The first-order chi connectivity index (χ1) is 10.1. The second kappa shape index (κ2) is 5.54. The summed E-state index contributed by atoms with van der Waals surface area (Å²) in [6.07, 6.45) is 1.67. The maximum atomic E-state index is 6.17. The minimum atomic E-state index is 0.597. The smallest absolute Gasteiger partial charge is 0.0746 e. The maximum Gasteiger partial charge on any atom is 0.0746 e. The predicted octanol–water partition coefficient (Wildman–Crippen LogP) is 5.28. The van der Waals surface area contributed by atoms with Gasteiger partial charge in [-0.15, -0.1) is 0 Å². The van der Waals surface area contributed by atoms with Crippen LogP contribution in [0.3, 0.4) is 0 Å². The van der Waals surface area contributed by atoms with Crippen LogP contribution < -0.4 is 11.1 Å². The fraction of sp³-hybridized carbons (Fsp3) is 0.0625. The van der Waals surface area contributed by atoms with Crippen molar-refractivity contribution in [1.29, 1.82) is 0 Å². The lowest BCUT2D eigenvalue weighted by atomic mass is 10.1. The summed E-state index contributed by atoms with van der Waals surface area (Å²) in [5.41, 5.74) is 10.3. The lowest BCUT2D eigenvalue weighted by Crippen LogP contribution is -2.00. The van der Waals surface area contributed by atoms with E-state index in [2.05, 4.69) is 26.2 Å². The number of benzene rings is 2. The van der Waals surface area contributed by atoms with Crippen LogP contribution in [0.4, 0.5) is 17.1 Å². The fourth-order valence-electron chi connectivity index (χ4n) is 2.20. The Morgan fingerprint density at radius 3 is 2.86 bits per heavy atom. The van der Waals surface area contributed by atoms with E-state index in [4.69, 9.17) is 17.3 Å². The van der Waals surface area contributed by atoms with Crippen molar-refractivity contribution in [2.24, 2.45) is 0 Å². The minimum Gasteiger partial charge on any atom is -0.396 e. The average molecular weight is 363 g/mol. The molecule has 0 aliphatic rings. The molecule has 3 nitrogen and oxygen atoms in total. The molecule has 0 unspecified atom stereocenters. The first kappa shape index (κ1) is 14.2. The second-order valence-corrected chi connectivity index (χ2v) is 6.11. The first-order valence-corrected chi connectivity index (χ1v) is 7.59. The van der Waals surface area contributed by atoms with Crippen LogP contribution in [0, 0.1) is 6.92 Å². The molecule has 0 spiro atoms. The van der Waals surface area contributed by atoms with Gasteiger partial charge in [-0.05, 0) is 42.8 Å². The van der Waals surface area contributed by atoms with E-state index < -0.39 is 0 Å². The molecular weight excluding hydrogens is 350 g/mol. The molecule has 0 bridgehead atoms. The largest absolute Gasteiger partial charge is 0.396 e. The molecule has 0 amide bonds. The van der Waals surface area contributed by atoms with Gasteiger partial charge in [-0.3, -0.25) is 4.98 Å². The highest BCUT2D eigenvalue weighted by molar-refractivity contribution is 9.10.